The van der Waals surface area contributed by atoms with Crippen LogP contribution in [0.2, 0.25) is 0 Å². The molecule has 0 aliphatic rings. The first-order valence-corrected chi connectivity index (χ1v) is 7.23. The second-order valence-electron chi connectivity index (χ2n) is 5.09. The SMILES string of the molecule is O=[N+]([O-])OC(c1ccccc1)(c1ccccc1)c1ccccc1. The van der Waals surface area contributed by atoms with Gasteiger partial charge in [-0.05, 0) is 16.7 Å². The van der Waals surface area contributed by atoms with Gasteiger partial charge < -0.3 is 0 Å². The molecule has 0 N–H and O–H groups in total. The number of nitrogens with zero attached hydrogens (tertiary/aromatic N) is 1. The van der Waals surface area contributed by atoms with Crippen molar-refractivity contribution in [3.63, 3.8) is 0 Å². The van der Waals surface area contributed by atoms with E-state index in [4.69, 9.17) is 4.84 Å². The largest absolute Gasteiger partial charge is 0.296 e. The van der Waals surface area contributed by atoms with Gasteiger partial charge in [0.15, 0.2) is 5.60 Å². The lowest BCUT2D eigenvalue weighted by molar-refractivity contribution is -0.778. The van der Waals surface area contributed by atoms with Crippen molar-refractivity contribution in [2.45, 2.75) is 5.60 Å². The fourth-order valence-electron chi connectivity index (χ4n) is 2.79. The molecule has 0 spiro atoms. The summed E-state index contributed by atoms with van der Waals surface area (Å²) in [7, 11) is 0. The maximum atomic E-state index is 11.3. The molecule has 0 saturated carbocycles. The normalized spacial score (nSPS) is 11.0. The molecule has 0 saturated heterocycles. The first-order chi connectivity index (χ1) is 11.2. The lowest BCUT2D eigenvalue weighted by Gasteiger charge is -2.33. The molecule has 0 amide bonds. The summed E-state index contributed by atoms with van der Waals surface area (Å²) in [5, 5.41) is 10.6. The zero-order valence-corrected chi connectivity index (χ0v) is 12.3. The summed E-state index contributed by atoms with van der Waals surface area (Å²) >= 11 is 0. The monoisotopic (exact) mass is 305 g/mol. The Hall–Kier alpha value is -3.14. The molecule has 4 nitrogen and oxygen atoms in total. The highest BCUT2D eigenvalue weighted by Gasteiger charge is 2.40. The van der Waals surface area contributed by atoms with E-state index in [0.29, 0.717) is 16.7 Å². The molecule has 3 aromatic rings. The van der Waals surface area contributed by atoms with E-state index in [2.05, 4.69) is 0 Å². The molecule has 0 bridgehead atoms. The molecule has 0 aliphatic heterocycles. The van der Waals surface area contributed by atoms with Crippen molar-refractivity contribution in [3.05, 3.63) is 118 Å². The molecular formula is C19H15NO3. The van der Waals surface area contributed by atoms with E-state index in [9.17, 15) is 10.1 Å². The molecule has 3 rings (SSSR count). The van der Waals surface area contributed by atoms with Gasteiger partial charge in [0.05, 0.1) is 0 Å². The van der Waals surface area contributed by atoms with Crippen LogP contribution in [-0.2, 0) is 10.4 Å². The molecule has 0 aliphatic carbocycles. The van der Waals surface area contributed by atoms with E-state index in [1.54, 1.807) is 0 Å². The predicted molar refractivity (Wildman–Crippen MR) is 87.3 cm³/mol. The molecule has 0 fully saturated rings. The molecule has 23 heavy (non-hydrogen) atoms. The van der Waals surface area contributed by atoms with Crippen molar-refractivity contribution in [2.24, 2.45) is 0 Å². The van der Waals surface area contributed by atoms with Gasteiger partial charge in [-0.2, -0.15) is 0 Å². The third-order valence-corrected chi connectivity index (χ3v) is 3.75. The highest BCUT2D eigenvalue weighted by atomic mass is 17.0. The summed E-state index contributed by atoms with van der Waals surface area (Å²) in [5.41, 5.74) is 0.810. The zero-order valence-electron chi connectivity index (χ0n) is 12.3. The van der Waals surface area contributed by atoms with Gasteiger partial charge in [0.2, 0.25) is 0 Å². The molecule has 4 heteroatoms. The minimum absolute atomic E-state index is 0.703. The lowest BCUT2D eigenvalue weighted by Crippen LogP contribution is -2.35. The van der Waals surface area contributed by atoms with Crippen molar-refractivity contribution in [1.82, 2.24) is 0 Å². The van der Waals surface area contributed by atoms with Crippen LogP contribution in [0.1, 0.15) is 16.7 Å². The maximum absolute atomic E-state index is 11.3. The van der Waals surface area contributed by atoms with Crippen molar-refractivity contribution >= 4 is 0 Å². The molecular weight excluding hydrogens is 290 g/mol. The van der Waals surface area contributed by atoms with Gasteiger partial charge in [-0.3, -0.25) is 4.84 Å². The zero-order chi connectivity index (χ0) is 16.1. The Morgan fingerprint density at radius 2 is 0.957 bits per heavy atom. The molecule has 0 radical (unpaired) electrons. The summed E-state index contributed by atoms with van der Waals surface area (Å²) in [6.07, 6.45) is 0. The molecule has 114 valence electrons. The smallest absolute Gasteiger partial charge is 0.293 e. The first kappa shape index (κ1) is 14.8. The summed E-state index contributed by atoms with van der Waals surface area (Å²) < 4.78 is 0. The first-order valence-electron chi connectivity index (χ1n) is 7.23. The minimum Gasteiger partial charge on any atom is -0.293 e. The molecule has 0 unspecified atom stereocenters. The van der Waals surface area contributed by atoms with E-state index < -0.39 is 10.7 Å². The molecule has 0 heterocycles. The van der Waals surface area contributed by atoms with Crippen LogP contribution < -0.4 is 0 Å². The van der Waals surface area contributed by atoms with Gasteiger partial charge >= 0.3 is 0 Å². The number of benzene rings is 3. The number of hydrogen-bond donors (Lipinski definition) is 0. The van der Waals surface area contributed by atoms with Crippen LogP contribution in [0, 0.1) is 10.1 Å². The van der Waals surface area contributed by atoms with Crippen molar-refractivity contribution in [3.8, 4) is 0 Å². The average Bonchev–Trinajstić information content (AvgIpc) is 2.62. The van der Waals surface area contributed by atoms with Crippen molar-refractivity contribution in [1.29, 1.82) is 0 Å². The Morgan fingerprint density at radius 1 is 0.652 bits per heavy atom. The number of rotatable bonds is 5. The fourth-order valence-corrected chi connectivity index (χ4v) is 2.79. The van der Waals surface area contributed by atoms with Gasteiger partial charge in [0, 0.05) is 0 Å². The maximum Gasteiger partial charge on any atom is 0.296 e. The Bertz CT molecular complexity index is 677. The third kappa shape index (κ3) is 2.79. The van der Waals surface area contributed by atoms with Crippen LogP contribution in [0.5, 0.6) is 0 Å². The Kier molecular flexibility index (Phi) is 4.06. The van der Waals surface area contributed by atoms with Crippen LogP contribution >= 0.6 is 0 Å². The minimum atomic E-state index is -1.30. The topological polar surface area (TPSA) is 52.4 Å². The van der Waals surface area contributed by atoms with Gasteiger partial charge in [0.1, 0.15) is 0 Å². The summed E-state index contributed by atoms with van der Waals surface area (Å²) in [4.78, 5) is 16.6. The van der Waals surface area contributed by atoms with E-state index in [1.165, 1.54) is 0 Å². The van der Waals surface area contributed by atoms with Crippen LogP contribution in [-0.4, -0.2) is 5.09 Å². The van der Waals surface area contributed by atoms with Crippen LogP contribution in [0.4, 0.5) is 0 Å². The van der Waals surface area contributed by atoms with Crippen LogP contribution in [0.25, 0.3) is 0 Å². The van der Waals surface area contributed by atoms with E-state index in [-0.39, 0.29) is 0 Å². The van der Waals surface area contributed by atoms with Crippen LogP contribution in [0.3, 0.4) is 0 Å². The predicted octanol–water partition coefficient (Wildman–Crippen LogP) is 4.19. The average molecular weight is 305 g/mol. The van der Waals surface area contributed by atoms with E-state index in [0.717, 1.165) is 0 Å². The highest BCUT2D eigenvalue weighted by Crippen LogP contribution is 2.40. The molecule has 0 atom stereocenters. The van der Waals surface area contributed by atoms with Gasteiger partial charge in [-0.1, -0.05) is 91.0 Å². The molecule has 3 aromatic carbocycles. The summed E-state index contributed by atoms with van der Waals surface area (Å²) in [5.74, 6) is 0. The number of hydrogen-bond acceptors (Lipinski definition) is 3. The van der Waals surface area contributed by atoms with E-state index >= 15 is 0 Å². The third-order valence-electron chi connectivity index (χ3n) is 3.75. The summed E-state index contributed by atoms with van der Waals surface area (Å²) in [6.45, 7) is 0. The molecule has 0 aromatic heterocycles. The van der Waals surface area contributed by atoms with Crippen molar-refractivity contribution < 1.29 is 9.92 Å². The lowest BCUT2D eigenvalue weighted by atomic mass is 9.80. The highest BCUT2D eigenvalue weighted by molar-refractivity contribution is 5.47. The second-order valence-corrected chi connectivity index (χ2v) is 5.09. The second kappa shape index (κ2) is 6.32. The Morgan fingerprint density at radius 3 is 1.22 bits per heavy atom. The Labute approximate surface area is 134 Å². The standard InChI is InChI=1S/C19H15NO3/c21-20(22)23-19(16-10-4-1-5-11-16,17-12-6-2-7-13-17)18-14-8-3-9-15-18/h1-15H. The van der Waals surface area contributed by atoms with Gasteiger partial charge in [0.25, 0.3) is 5.09 Å². The quantitative estimate of drug-likeness (QED) is 0.403. The summed E-state index contributed by atoms with van der Waals surface area (Å²) in [6, 6.07) is 27.7. The Balaban J connectivity index is 2.32. The van der Waals surface area contributed by atoms with E-state index in [1.807, 2.05) is 91.0 Å². The van der Waals surface area contributed by atoms with Gasteiger partial charge in [-0.25, -0.2) is 0 Å². The fraction of sp³-hybridized carbons (Fsp3) is 0.0526. The van der Waals surface area contributed by atoms with Gasteiger partial charge in [-0.15, -0.1) is 10.1 Å². The van der Waals surface area contributed by atoms with Crippen LogP contribution in [0.15, 0.2) is 91.0 Å². The van der Waals surface area contributed by atoms with Crippen molar-refractivity contribution in [2.75, 3.05) is 0 Å².